The van der Waals surface area contributed by atoms with Gasteiger partial charge in [0.05, 0.1) is 0 Å². The summed E-state index contributed by atoms with van der Waals surface area (Å²) in [7, 11) is 0. The lowest BCUT2D eigenvalue weighted by Gasteiger charge is -2.28. The number of rotatable bonds is 4. The van der Waals surface area contributed by atoms with E-state index in [0.717, 1.165) is 12.1 Å². The Balaban J connectivity index is 2.02. The summed E-state index contributed by atoms with van der Waals surface area (Å²) in [5.41, 5.74) is 7.04. The van der Waals surface area contributed by atoms with Gasteiger partial charge in [-0.3, -0.25) is 4.79 Å². The minimum absolute atomic E-state index is 0.347. The van der Waals surface area contributed by atoms with Crippen molar-refractivity contribution in [2.24, 2.45) is 11.1 Å². The van der Waals surface area contributed by atoms with Crippen molar-refractivity contribution in [1.29, 1.82) is 0 Å². The SMILES string of the molecule is CC1(C)CCCC1NCc1ccc(C(N)=O)cc1Cl. The monoisotopic (exact) mass is 280 g/mol. The molecule has 1 aliphatic carbocycles. The van der Waals surface area contributed by atoms with Gasteiger partial charge in [0.2, 0.25) is 5.91 Å². The molecule has 0 saturated heterocycles. The number of hydrogen-bond donors (Lipinski definition) is 2. The highest BCUT2D eigenvalue weighted by molar-refractivity contribution is 6.31. The molecule has 0 aromatic heterocycles. The molecular formula is C15H21ClN2O. The van der Waals surface area contributed by atoms with Crippen LogP contribution in [-0.4, -0.2) is 11.9 Å². The smallest absolute Gasteiger partial charge is 0.248 e. The van der Waals surface area contributed by atoms with Crippen LogP contribution in [0, 0.1) is 5.41 Å². The molecule has 19 heavy (non-hydrogen) atoms. The zero-order valence-corrected chi connectivity index (χ0v) is 12.3. The van der Waals surface area contributed by atoms with Gasteiger partial charge < -0.3 is 11.1 Å². The minimum Gasteiger partial charge on any atom is -0.366 e. The van der Waals surface area contributed by atoms with E-state index in [1.807, 2.05) is 6.07 Å². The van der Waals surface area contributed by atoms with Crippen LogP contribution >= 0.6 is 11.6 Å². The predicted molar refractivity (Wildman–Crippen MR) is 78.2 cm³/mol. The Bertz CT molecular complexity index is 485. The molecule has 0 spiro atoms. The molecule has 1 fully saturated rings. The number of halogens is 1. The second kappa shape index (κ2) is 5.51. The molecule has 104 valence electrons. The van der Waals surface area contributed by atoms with Gasteiger partial charge in [-0.25, -0.2) is 0 Å². The molecule has 1 aromatic carbocycles. The molecular weight excluding hydrogens is 260 g/mol. The van der Waals surface area contributed by atoms with Crippen LogP contribution in [0.25, 0.3) is 0 Å². The zero-order chi connectivity index (χ0) is 14.0. The molecule has 0 radical (unpaired) electrons. The van der Waals surface area contributed by atoms with Gasteiger partial charge in [0, 0.05) is 23.2 Å². The Labute approximate surface area is 119 Å². The largest absolute Gasteiger partial charge is 0.366 e. The van der Waals surface area contributed by atoms with Crippen LogP contribution in [0.1, 0.15) is 49.0 Å². The zero-order valence-electron chi connectivity index (χ0n) is 11.5. The molecule has 0 heterocycles. The molecule has 1 atom stereocenters. The maximum atomic E-state index is 11.1. The fourth-order valence-corrected chi connectivity index (χ4v) is 3.03. The first-order valence-corrected chi connectivity index (χ1v) is 7.09. The Morgan fingerprint density at radius 3 is 2.79 bits per heavy atom. The number of nitrogens with one attached hydrogen (secondary N) is 1. The van der Waals surface area contributed by atoms with Crippen LogP contribution in [0.5, 0.6) is 0 Å². The summed E-state index contributed by atoms with van der Waals surface area (Å²) < 4.78 is 0. The molecule has 1 aliphatic rings. The van der Waals surface area contributed by atoms with E-state index in [-0.39, 0.29) is 0 Å². The number of benzene rings is 1. The van der Waals surface area contributed by atoms with Crippen molar-refractivity contribution >= 4 is 17.5 Å². The summed E-state index contributed by atoms with van der Waals surface area (Å²) in [6.45, 7) is 5.33. The highest BCUT2D eigenvalue weighted by atomic mass is 35.5. The minimum atomic E-state index is -0.446. The van der Waals surface area contributed by atoms with Gasteiger partial charge >= 0.3 is 0 Å². The van der Waals surface area contributed by atoms with E-state index in [0.29, 0.717) is 22.0 Å². The number of hydrogen-bond acceptors (Lipinski definition) is 2. The van der Waals surface area contributed by atoms with E-state index in [9.17, 15) is 4.79 Å². The van der Waals surface area contributed by atoms with Crippen LogP contribution < -0.4 is 11.1 Å². The highest BCUT2D eigenvalue weighted by Crippen LogP contribution is 2.37. The lowest BCUT2D eigenvalue weighted by molar-refractivity contribution is 0.100. The number of nitrogens with two attached hydrogens (primary N) is 1. The third-order valence-electron chi connectivity index (χ3n) is 4.13. The van der Waals surface area contributed by atoms with Crippen LogP contribution in [0.2, 0.25) is 5.02 Å². The first kappa shape index (κ1) is 14.4. The first-order valence-electron chi connectivity index (χ1n) is 6.72. The molecule has 1 amide bonds. The van der Waals surface area contributed by atoms with Crippen LogP contribution in [0.4, 0.5) is 0 Å². The fourth-order valence-electron chi connectivity index (χ4n) is 2.78. The predicted octanol–water partition coefficient (Wildman–Crippen LogP) is 3.11. The van der Waals surface area contributed by atoms with Crippen molar-refractivity contribution in [3.05, 3.63) is 34.3 Å². The Morgan fingerprint density at radius 2 is 2.26 bits per heavy atom. The Hall–Kier alpha value is -1.06. The van der Waals surface area contributed by atoms with Crippen molar-refractivity contribution in [2.75, 3.05) is 0 Å². The molecule has 1 unspecified atom stereocenters. The van der Waals surface area contributed by atoms with Crippen LogP contribution in [-0.2, 0) is 6.54 Å². The second-order valence-corrected chi connectivity index (χ2v) is 6.39. The standard InChI is InChI=1S/C15H21ClN2O/c1-15(2)7-3-4-13(15)18-9-11-6-5-10(14(17)19)8-12(11)16/h5-6,8,13,18H,3-4,7,9H2,1-2H3,(H2,17,19). The summed E-state index contributed by atoms with van der Waals surface area (Å²) in [6.07, 6.45) is 3.75. The molecule has 1 saturated carbocycles. The lowest BCUT2D eigenvalue weighted by atomic mass is 9.87. The molecule has 0 aliphatic heterocycles. The van der Waals surface area contributed by atoms with Crippen molar-refractivity contribution in [3.8, 4) is 0 Å². The van der Waals surface area contributed by atoms with E-state index in [1.54, 1.807) is 12.1 Å². The van der Waals surface area contributed by atoms with Crippen molar-refractivity contribution < 1.29 is 4.79 Å². The van der Waals surface area contributed by atoms with Crippen molar-refractivity contribution in [1.82, 2.24) is 5.32 Å². The van der Waals surface area contributed by atoms with E-state index in [4.69, 9.17) is 17.3 Å². The lowest BCUT2D eigenvalue weighted by Crippen LogP contribution is -2.37. The van der Waals surface area contributed by atoms with E-state index < -0.39 is 5.91 Å². The molecule has 4 heteroatoms. The van der Waals surface area contributed by atoms with Gasteiger partial charge in [0.25, 0.3) is 0 Å². The van der Waals surface area contributed by atoms with Crippen molar-refractivity contribution in [3.63, 3.8) is 0 Å². The normalized spacial score (nSPS) is 21.5. The van der Waals surface area contributed by atoms with E-state index in [1.165, 1.54) is 19.3 Å². The molecule has 2 rings (SSSR count). The quantitative estimate of drug-likeness (QED) is 0.890. The average molecular weight is 281 g/mol. The van der Waals surface area contributed by atoms with Crippen LogP contribution in [0.3, 0.4) is 0 Å². The fraction of sp³-hybridized carbons (Fsp3) is 0.533. The summed E-state index contributed by atoms with van der Waals surface area (Å²) in [5.74, 6) is -0.446. The molecule has 3 N–H and O–H groups in total. The maximum absolute atomic E-state index is 11.1. The topological polar surface area (TPSA) is 55.1 Å². The Kier molecular flexibility index (Phi) is 4.16. The molecule has 1 aromatic rings. The van der Waals surface area contributed by atoms with Gasteiger partial charge in [-0.15, -0.1) is 0 Å². The van der Waals surface area contributed by atoms with Gasteiger partial charge in [-0.2, -0.15) is 0 Å². The average Bonchev–Trinajstić information content (AvgIpc) is 2.66. The Morgan fingerprint density at radius 1 is 1.53 bits per heavy atom. The maximum Gasteiger partial charge on any atom is 0.248 e. The van der Waals surface area contributed by atoms with Gasteiger partial charge in [0.15, 0.2) is 0 Å². The summed E-state index contributed by atoms with van der Waals surface area (Å²) in [4.78, 5) is 11.1. The van der Waals surface area contributed by atoms with E-state index >= 15 is 0 Å². The van der Waals surface area contributed by atoms with Gasteiger partial charge in [-0.1, -0.05) is 37.9 Å². The summed E-state index contributed by atoms with van der Waals surface area (Å²) in [5, 5.41) is 4.17. The third kappa shape index (κ3) is 3.28. The number of primary amides is 1. The highest BCUT2D eigenvalue weighted by Gasteiger charge is 2.33. The van der Waals surface area contributed by atoms with Gasteiger partial charge in [-0.05, 0) is 36.0 Å². The number of carbonyl (C=O) groups excluding carboxylic acids is 1. The summed E-state index contributed by atoms with van der Waals surface area (Å²) >= 11 is 6.18. The summed E-state index contributed by atoms with van der Waals surface area (Å²) in [6, 6.07) is 5.77. The first-order chi connectivity index (χ1) is 8.90. The van der Waals surface area contributed by atoms with Gasteiger partial charge in [0.1, 0.15) is 0 Å². The number of carbonyl (C=O) groups is 1. The van der Waals surface area contributed by atoms with Crippen molar-refractivity contribution in [2.45, 2.75) is 45.7 Å². The van der Waals surface area contributed by atoms with Crippen LogP contribution in [0.15, 0.2) is 18.2 Å². The van der Waals surface area contributed by atoms with E-state index in [2.05, 4.69) is 19.2 Å². The number of amides is 1. The molecule has 3 nitrogen and oxygen atoms in total. The second-order valence-electron chi connectivity index (χ2n) is 5.98. The molecule has 0 bridgehead atoms. The third-order valence-corrected chi connectivity index (χ3v) is 4.49.